The van der Waals surface area contributed by atoms with Gasteiger partial charge in [-0.2, -0.15) is 0 Å². The van der Waals surface area contributed by atoms with E-state index in [4.69, 9.17) is 2.51 Å². The summed E-state index contributed by atoms with van der Waals surface area (Å²) in [4.78, 5) is 49.9. The third kappa shape index (κ3) is 4.57. The fourth-order valence-corrected chi connectivity index (χ4v) is 9.07. The van der Waals surface area contributed by atoms with Crippen LogP contribution in [0.3, 0.4) is 0 Å². The monoisotopic (exact) mass is 572 g/mol. The Morgan fingerprint density at radius 2 is 0.969 bits per heavy atom. The number of hydrogen-bond acceptors (Lipinski definition) is 7. The predicted octanol–water partition coefficient (Wildman–Crippen LogP) is 2.27. The van der Waals surface area contributed by atoms with Crippen LogP contribution in [0.15, 0.2) is 48.5 Å². The molecule has 2 aromatic carbocycles. The number of carbonyl (C=O) groups is 4. The number of hydrogen-bond donors (Lipinski definition) is 1. The van der Waals surface area contributed by atoms with Crippen LogP contribution < -0.4 is 9.80 Å². The van der Waals surface area contributed by atoms with Crippen LogP contribution in [0.1, 0.15) is 25.7 Å². The van der Waals surface area contributed by atoms with Gasteiger partial charge in [0.25, 0.3) is 0 Å². The standard InChI is InChI=1S/C20H17IN2O8S/c24-17-9-10-18(25)22(17)15-5-1-13(2-6-15)21(31-32(28,29)30)14-3-7-16(8-4-14)23-19(26)11-12-20(23)27/h1-8H,9-12H2,(H,28,29,30). The van der Waals surface area contributed by atoms with Crippen molar-refractivity contribution in [3.8, 4) is 0 Å². The van der Waals surface area contributed by atoms with Crippen LogP contribution in [-0.4, -0.2) is 36.6 Å². The summed E-state index contributed by atoms with van der Waals surface area (Å²) >= 11 is -3.18. The molecule has 2 aliphatic rings. The van der Waals surface area contributed by atoms with Crippen LogP contribution in [-0.2, 0) is 32.1 Å². The van der Waals surface area contributed by atoms with Crippen molar-refractivity contribution in [2.24, 2.45) is 0 Å². The Morgan fingerprint density at radius 1 is 0.656 bits per heavy atom. The van der Waals surface area contributed by atoms with Gasteiger partial charge in [-0.1, -0.05) is 0 Å². The molecule has 4 rings (SSSR count). The molecule has 0 saturated carbocycles. The van der Waals surface area contributed by atoms with Crippen molar-refractivity contribution in [3.05, 3.63) is 55.7 Å². The van der Waals surface area contributed by atoms with Gasteiger partial charge in [-0.15, -0.1) is 0 Å². The Labute approximate surface area is 191 Å². The minimum atomic E-state index is -4.77. The summed E-state index contributed by atoms with van der Waals surface area (Å²) in [7, 11) is -4.77. The van der Waals surface area contributed by atoms with Gasteiger partial charge in [-0.3, -0.25) is 0 Å². The molecule has 2 heterocycles. The second kappa shape index (κ2) is 8.69. The van der Waals surface area contributed by atoms with Gasteiger partial charge in [0.15, 0.2) is 0 Å². The van der Waals surface area contributed by atoms with Crippen molar-refractivity contribution >= 4 is 65.6 Å². The number of nitrogens with zero attached hydrogens (tertiary/aromatic N) is 2. The number of anilines is 2. The Hall–Kier alpha value is -2.68. The van der Waals surface area contributed by atoms with Crippen molar-refractivity contribution < 1.29 is 34.7 Å². The van der Waals surface area contributed by atoms with Gasteiger partial charge in [0.1, 0.15) is 0 Å². The molecule has 0 atom stereocenters. The number of benzene rings is 2. The van der Waals surface area contributed by atoms with E-state index in [0.717, 1.165) is 9.80 Å². The van der Waals surface area contributed by atoms with Crippen molar-refractivity contribution in [1.82, 2.24) is 0 Å². The third-order valence-corrected chi connectivity index (χ3v) is 11.2. The topological polar surface area (TPSA) is 138 Å². The van der Waals surface area contributed by atoms with Gasteiger partial charge < -0.3 is 0 Å². The molecule has 1 N–H and O–H groups in total. The van der Waals surface area contributed by atoms with Gasteiger partial charge in [0, 0.05) is 0 Å². The Morgan fingerprint density at radius 3 is 1.25 bits per heavy atom. The molecule has 168 valence electrons. The van der Waals surface area contributed by atoms with E-state index in [9.17, 15) is 32.1 Å². The van der Waals surface area contributed by atoms with E-state index in [1.807, 2.05) is 0 Å². The van der Waals surface area contributed by atoms with Crippen LogP contribution >= 0.6 is 20.2 Å². The molecule has 2 fully saturated rings. The van der Waals surface area contributed by atoms with Gasteiger partial charge in [-0.05, 0) is 0 Å². The number of halogens is 1. The van der Waals surface area contributed by atoms with E-state index in [2.05, 4.69) is 0 Å². The number of rotatable bonds is 6. The molecule has 0 radical (unpaired) electrons. The summed E-state index contributed by atoms with van der Waals surface area (Å²) in [6, 6.07) is 12.3. The fraction of sp³-hybridized carbons (Fsp3) is 0.200. The summed E-state index contributed by atoms with van der Waals surface area (Å²) in [5.74, 6) is -1.24. The normalized spacial score (nSPS) is 17.5. The molecule has 0 bridgehead atoms. The maximum atomic E-state index is 11.9. The summed E-state index contributed by atoms with van der Waals surface area (Å²) in [6.45, 7) is 0. The summed E-state index contributed by atoms with van der Waals surface area (Å²) in [5.41, 5.74) is 0.732. The van der Waals surface area contributed by atoms with Crippen molar-refractivity contribution in [2.75, 3.05) is 9.80 Å². The number of carbonyl (C=O) groups excluding carboxylic acids is 4. The first-order valence-corrected chi connectivity index (χ1v) is 13.8. The predicted molar refractivity (Wildman–Crippen MR) is 120 cm³/mol. The Bertz CT molecular complexity index is 1100. The molecule has 0 spiro atoms. The van der Waals surface area contributed by atoms with Crippen molar-refractivity contribution in [2.45, 2.75) is 25.7 Å². The van der Waals surface area contributed by atoms with Gasteiger partial charge in [-0.25, -0.2) is 0 Å². The quantitative estimate of drug-likeness (QED) is 0.316. The summed E-state index contributed by atoms with van der Waals surface area (Å²) < 4.78 is 38.3. The first-order valence-electron chi connectivity index (χ1n) is 9.43. The van der Waals surface area contributed by atoms with Crippen LogP contribution in [0, 0.1) is 7.14 Å². The number of imide groups is 2. The summed E-state index contributed by atoms with van der Waals surface area (Å²) in [6.07, 6.45) is 0.553. The molecular weight excluding hydrogens is 555 g/mol. The second-order valence-electron chi connectivity index (χ2n) is 6.94. The third-order valence-electron chi connectivity index (χ3n) is 4.81. The molecule has 32 heavy (non-hydrogen) atoms. The molecule has 0 unspecified atom stereocenters. The van der Waals surface area contributed by atoms with E-state index >= 15 is 0 Å². The van der Waals surface area contributed by atoms with Crippen LogP contribution in [0.2, 0.25) is 0 Å². The van der Waals surface area contributed by atoms with Crippen LogP contribution in [0.5, 0.6) is 0 Å². The van der Waals surface area contributed by atoms with Crippen LogP contribution in [0.25, 0.3) is 0 Å². The molecule has 4 amide bonds. The van der Waals surface area contributed by atoms with Gasteiger partial charge in [0.05, 0.1) is 0 Å². The van der Waals surface area contributed by atoms with E-state index in [-0.39, 0.29) is 49.3 Å². The van der Waals surface area contributed by atoms with Crippen molar-refractivity contribution in [1.29, 1.82) is 0 Å². The molecule has 2 aromatic rings. The van der Waals surface area contributed by atoms with E-state index < -0.39 is 30.6 Å². The van der Waals surface area contributed by atoms with Gasteiger partial charge in [0.2, 0.25) is 0 Å². The van der Waals surface area contributed by atoms with E-state index in [0.29, 0.717) is 18.5 Å². The molecule has 10 nitrogen and oxygen atoms in total. The van der Waals surface area contributed by atoms with Crippen molar-refractivity contribution in [3.63, 3.8) is 0 Å². The van der Waals surface area contributed by atoms with Crippen LogP contribution in [0.4, 0.5) is 11.4 Å². The SMILES string of the molecule is O=C1CCC(=O)N1c1ccc(I(OS(=O)(=O)O)c2ccc(N3C(=O)CCC3=O)cc2)cc1. The average molecular weight is 572 g/mol. The number of amides is 4. The first kappa shape index (κ1) is 22.5. The minimum absolute atomic E-state index is 0.138. The molecule has 0 aliphatic carbocycles. The van der Waals surface area contributed by atoms with E-state index in [1.54, 1.807) is 24.3 Å². The molecule has 2 aliphatic heterocycles. The first-order chi connectivity index (χ1) is 15.1. The molecule has 0 aromatic heterocycles. The molecule has 12 heteroatoms. The zero-order chi connectivity index (χ0) is 23.0. The molecular formula is C20H17IN2O8S. The second-order valence-corrected chi connectivity index (χ2v) is 12.9. The zero-order valence-electron chi connectivity index (χ0n) is 16.4. The summed E-state index contributed by atoms with van der Waals surface area (Å²) in [5, 5.41) is 0. The van der Waals surface area contributed by atoms with E-state index in [1.165, 1.54) is 24.3 Å². The average Bonchev–Trinajstić information content (AvgIpc) is 3.26. The maximum absolute atomic E-state index is 11.9. The fourth-order valence-electron chi connectivity index (χ4n) is 3.42. The Kier molecular flexibility index (Phi) is 6.11. The Balaban J connectivity index is 1.64. The van der Waals surface area contributed by atoms with Gasteiger partial charge >= 0.3 is 191 Å². The zero-order valence-corrected chi connectivity index (χ0v) is 19.4. The molecule has 2 saturated heterocycles.